The van der Waals surface area contributed by atoms with Crippen molar-refractivity contribution in [3.63, 3.8) is 0 Å². The maximum Gasteiger partial charge on any atom is 0.586 e. The van der Waals surface area contributed by atoms with Gasteiger partial charge in [0.15, 0.2) is 23.0 Å². The van der Waals surface area contributed by atoms with Crippen LogP contribution >= 0.6 is 0 Å². The summed E-state index contributed by atoms with van der Waals surface area (Å²) in [6.45, 7) is 6.58. The molecule has 2 atom stereocenters. The van der Waals surface area contributed by atoms with Crippen LogP contribution in [0.5, 0.6) is 11.5 Å². The Morgan fingerprint density at radius 2 is 1.93 bits per heavy atom. The number of fused-ring (bicyclic) bond motifs is 5. The molecule has 1 saturated heterocycles. The zero-order chi connectivity index (χ0) is 20.3. The second-order valence-electron chi connectivity index (χ2n) is 7.46. The van der Waals surface area contributed by atoms with Gasteiger partial charge in [-0.1, -0.05) is 0 Å². The first-order chi connectivity index (χ1) is 13.8. The van der Waals surface area contributed by atoms with Crippen molar-refractivity contribution < 1.29 is 23.0 Å². The van der Waals surface area contributed by atoms with Crippen molar-refractivity contribution in [2.24, 2.45) is 0 Å². The number of halogens is 2. The largest absolute Gasteiger partial charge is 0.586 e. The number of ether oxygens (including phenoxy) is 3. The van der Waals surface area contributed by atoms with Crippen molar-refractivity contribution >= 4 is 22.5 Å². The van der Waals surface area contributed by atoms with Gasteiger partial charge in [0.25, 0.3) is 0 Å². The van der Waals surface area contributed by atoms with E-state index in [0.717, 1.165) is 19.6 Å². The van der Waals surface area contributed by atoms with Crippen molar-refractivity contribution in [2.45, 2.75) is 38.8 Å². The Labute approximate surface area is 164 Å². The lowest BCUT2D eigenvalue weighted by Crippen LogP contribution is -2.46. The summed E-state index contributed by atoms with van der Waals surface area (Å²) in [5.74, 6) is 0.393. The first-order valence-corrected chi connectivity index (χ1v) is 9.40. The Bertz CT molecular complexity index is 1090. The fraction of sp³-hybridized carbons (Fsp3) is 0.500. The molecular formula is C18H20F2N6O3. The molecule has 1 fully saturated rings. The molecule has 2 aliphatic rings. The summed E-state index contributed by atoms with van der Waals surface area (Å²) in [6.07, 6.45) is -2.76. The van der Waals surface area contributed by atoms with E-state index < -0.39 is 6.29 Å². The molecule has 0 bridgehead atoms. The van der Waals surface area contributed by atoms with Crippen molar-refractivity contribution in [1.29, 1.82) is 0 Å². The zero-order valence-electron chi connectivity index (χ0n) is 15.9. The molecule has 11 heteroatoms. The van der Waals surface area contributed by atoms with Crippen molar-refractivity contribution in [2.75, 3.05) is 25.4 Å². The number of aromatic nitrogens is 4. The van der Waals surface area contributed by atoms with Gasteiger partial charge >= 0.3 is 6.29 Å². The number of anilines is 1. The Hall–Kier alpha value is -2.79. The standard InChI is InChI=1S/C18H20F2N6O3/c1-9-7-25(8-10(2)27-9)6-5-13-22-16-11-3-4-12-15(29-18(19,20)28-12)14(11)23-17(21)26(16)24-13/h3-4,9-10H,5-8H2,1-2H3,(H2,21,23)/t9-,10+. The second kappa shape index (κ2) is 6.36. The smallest absolute Gasteiger partial charge is 0.395 e. The van der Waals surface area contributed by atoms with Crippen molar-refractivity contribution in [3.05, 3.63) is 18.0 Å². The van der Waals surface area contributed by atoms with E-state index in [1.54, 1.807) is 6.07 Å². The lowest BCUT2D eigenvalue weighted by Gasteiger charge is -2.35. The van der Waals surface area contributed by atoms with Crippen LogP contribution in [0.1, 0.15) is 19.7 Å². The van der Waals surface area contributed by atoms with Crippen LogP contribution in [0.25, 0.3) is 16.6 Å². The van der Waals surface area contributed by atoms with E-state index in [4.69, 9.17) is 10.5 Å². The topological polar surface area (TPSA) is 100 Å². The number of nitrogens with two attached hydrogens (primary N) is 1. The minimum absolute atomic E-state index is 0.0343. The van der Waals surface area contributed by atoms with Gasteiger partial charge in [0, 0.05) is 31.4 Å². The number of nitrogens with zero attached hydrogens (tertiary/aromatic N) is 5. The molecule has 0 radical (unpaired) electrons. The highest BCUT2D eigenvalue weighted by Crippen LogP contribution is 2.45. The minimum atomic E-state index is -3.73. The zero-order valence-corrected chi connectivity index (χ0v) is 15.9. The number of hydrogen-bond donors (Lipinski definition) is 1. The molecule has 29 heavy (non-hydrogen) atoms. The number of rotatable bonds is 3. The summed E-state index contributed by atoms with van der Waals surface area (Å²) in [4.78, 5) is 11.1. The van der Waals surface area contributed by atoms with Crippen LogP contribution in [0.3, 0.4) is 0 Å². The Balaban J connectivity index is 1.47. The third-order valence-corrected chi connectivity index (χ3v) is 5.03. The average molecular weight is 406 g/mol. The fourth-order valence-electron chi connectivity index (χ4n) is 3.97. The lowest BCUT2D eigenvalue weighted by atomic mass is 10.2. The molecule has 2 aliphatic heterocycles. The predicted octanol–water partition coefficient (Wildman–Crippen LogP) is 1.83. The Kier molecular flexibility index (Phi) is 4.00. The molecule has 0 amide bonds. The van der Waals surface area contributed by atoms with Crippen LogP contribution in [-0.2, 0) is 11.2 Å². The molecule has 0 unspecified atom stereocenters. The van der Waals surface area contributed by atoms with Gasteiger partial charge in [-0.05, 0) is 26.0 Å². The monoisotopic (exact) mass is 406 g/mol. The number of hydrogen-bond acceptors (Lipinski definition) is 8. The van der Waals surface area contributed by atoms with Gasteiger partial charge in [0.05, 0.1) is 12.2 Å². The van der Waals surface area contributed by atoms with Crippen molar-refractivity contribution in [1.82, 2.24) is 24.5 Å². The first kappa shape index (κ1) is 18.3. The summed E-state index contributed by atoms with van der Waals surface area (Å²) >= 11 is 0. The number of benzene rings is 1. The molecule has 9 nitrogen and oxygen atoms in total. The molecule has 154 valence electrons. The molecular weight excluding hydrogens is 386 g/mol. The maximum atomic E-state index is 13.5. The molecule has 0 aliphatic carbocycles. The summed E-state index contributed by atoms with van der Waals surface area (Å²) in [6, 6.07) is 3.01. The van der Waals surface area contributed by atoms with Gasteiger partial charge in [0.2, 0.25) is 5.95 Å². The Morgan fingerprint density at radius 1 is 1.17 bits per heavy atom. The molecule has 2 aromatic heterocycles. The van der Waals surface area contributed by atoms with Gasteiger partial charge in [-0.15, -0.1) is 13.9 Å². The molecule has 0 spiro atoms. The lowest BCUT2D eigenvalue weighted by molar-refractivity contribution is -0.286. The van der Waals surface area contributed by atoms with E-state index >= 15 is 0 Å². The van der Waals surface area contributed by atoms with E-state index in [2.05, 4.69) is 43.3 Å². The average Bonchev–Trinajstić information content (AvgIpc) is 3.19. The summed E-state index contributed by atoms with van der Waals surface area (Å²) in [5, 5.41) is 4.95. The second-order valence-corrected chi connectivity index (χ2v) is 7.46. The van der Waals surface area contributed by atoms with E-state index in [0.29, 0.717) is 23.3 Å². The molecule has 4 heterocycles. The number of nitrogen functional groups attached to an aromatic ring is 1. The van der Waals surface area contributed by atoms with Gasteiger partial charge in [0.1, 0.15) is 5.52 Å². The summed E-state index contributed by atoms with van der Waals surface area (Å²) in [5.41, 5.74) is 6.62. The van der Waals surface area contributed by atoms with Gasteiger partial charge < -0.3 is 19.9 Å². The SMILES string of the molecule is C[C@@H]1CN(CCc2nc3c4ccc5c(c4nc(N)n3n2)OC(F)(F)O5)C[C@H](C)O1. The van der Waals surface area contributed by atoms with E-state index in [1.807, 2.05) is 0 Å². The van der Waals surface area contributed by atoms with E-state index in [1.165, 1.54) is 10.6 Å². The normalized spacial score (nSPS) is 23.9. The highest BCUT2D eigenvalue weighted by Gasteiger charge is 2.45. The molecule has 2 N–H and O–H groups in total. The fourth-order valence-corrected chi connectivity index (χ4v) is 3.97. The van der Waals surface area contributed by atoms with Gasteiger partial charge in [-0.2, -0.15) is 4.52 Å². The summed E-state index contributed by atoms with van der Waals surface area (Å²) in [7, 11) is 0. The van der Waals surface area contributed by atoms with Crippen LogP contribution in [0.4, 0.5) is 14.7 Å². The van der Waals surface area contributed by atoms with Gasteiger partial charge in [-0.25, -0.2) is 9.97 Å². The molecule has 5 rings (SSSR count). The first-order valence-electron chi connectivity index (χ1n) is 9.40. The quantitative estimate of drug-likeness (QED) is 0.703. The summed E-state index contributed by atoms with van der Waals surface area (Å²) < 4.78 is 43.2. The van der Waals surface area contributed by atoms with Crippen LogP contribution in [0.15, 0.2) is 12.1 Å². The third kappa shape index (κ3) is 3.19. The van der Waals surface area contributed by atoms with Crippen LogP contribution in [0.2, 0.25) is 0 Å². The van der Waals surface area contributed by atoms with Crippen LogP contribution in [0, 0.1) is 0 Å². The molecule has 3 aromatic rings. The number of morpholine rings is 1. The maximum absolute atomic E-state index is 13.5. The minimum Gasteiger partial charge on any atom is -0.395 e. The van der Waals surface area contributed by atoms with E-state index in [-0.39, 0.29) is 35.2 Å². The molecule has 0 saturated carbocycles. The van der Waals surface area contributed by atoms with Crippen molar-refractivity contribution in [3.8, 4) is 11.5 Å². The molecule has 1 aromatic carbocycles. The predicted molar refractivity (Wildman–Crippen MR) is 99.1 cm³/mol. The van der Waals surface area contributed by atoms with Crippen LogP contribution in [-0.4, -0.2) is 62.6 Å². The number of alkyl halides is 2. The van der Waals surface area contributed by atoms with E-state index in [9.17, 15) is 8.78 Å². The highest BCUT2D eigenvalue weighted by atomic mass is 19.3. The Morgan fingerprint density at radius 3 is 2.69 bits per heavy atom. The highest BCUT2D eigenvalue weighted by molar-refractivity contribution is 5.97. The van der Waals surface area contributed by atoms with Gasteiger partial charge in [-0.3, -0.25) is 4.90 Å². The van der Waals surface area contributed by atoms with Crippen LogP contribution < -0.4 is 15.2 Å². The third-order valence-electron chi connectivity index (χ3n) is 5.03.